The summed E-state index contributed by atoms with van der Waals surface area (Å²) in [7, 11) is 0. The van der Waals surface area contributed by atoms with Gasteiger partial charge in [-0.25, -0.2) is 4.39 Å². The molecule has 4 heteroatoms. The van der Waals surface area contributed by atoms with Crippen molar-refractivity contribution >= 4 is 5.91 Å². The third-order valence-electron chi connectivity index (χ3n) is 4.47. The fourth-order valence-electron chi connectivity index (χ4n) is 3.68. The van der Waals surface area contributed by atoms with Crippen molar-refractivity contribution in [3.8, 4) is 0 Å². The lowest BCUT2D eigenvalue weighted by atomic mass is 10.0. The van der Waals surface area contributed by atoms with E-state index in [0.29, 0.717) is 23.4 Å². The van der Waals surface area contributed by atoms with Crippen LogP contribution >= 0.6 is 0 Å². The van der Waals surface area contributed by atoms with Crippen LogP contribution in [0.5, 0.6) is 0 Å². The number of rotatable bonds is 2. The van der Waals surface area contributed by atoms with E-state index in [1.54, 1.807) is 12.1 Å². The van der Waals surface area contributed by atoms with Crippen molar-refractivity contribution in [1.29, 1.82) is 0 Å². The maximum absolute atomic E-state index is 13.1. The molecule has 0 bridgehead atoms. The van der Waals surface area contributed by atoms with Gasteiger partial charge >= 0.3 is 0 Å². The first-order valence-corrected chi connectivity index (χ1v) is 6.94. The van der Waals surface area contributed by atoms with Gasteiger partial charge in [0.1, 0.15) is 5.82 Å². The number of fused-ring (bicyclic) bond motifs is 1. The topological polar surface area (TPSA) is 55.1 Å². The molecular formula is C15H19FN2O. The van der Waals surface area contributed by atoms with E-state index < -0.39 is 0 Å². The van der Waals surface area contributed by atoms with Gasteiger partial charge in [-0.3, -0.25) is 4.79 Å². The average molecular weight is 262 g/mol. The van der Waals surface area contributed by atoms with Crippen molar-refractivity contribution in [2.75, 3.05) is 0 Å². The highest BCUT2D eigenvalue weighted by atomic mass is 19.1. The van der Waals surface area contributed by atoms with Crippen LogP contribution in [0.2, 0.25) is 0 Å². The van der Waals surface area contributed by atoms with E-state index in [9.17, 15) is 9.18 Å². The van der Waals surface area contributed by atoms with Gasteiger partial charge in [0.05, 0.1) is 0 Å². The Morgan fingerprint density at radius 3 is 2.53 bits per heavy atom. The van der Waals surface area contributed by atoms with Crippen molar-refractivity contribution in [1.82, 2.24) is 5.32 Å². The van der Waals surface area contributed by atoms with Crippen LogP contribution in [-0.4, -0.2) is 18.0 Å². The fourth-order valence-corrected chi connectivity index (χ4v) is 3.68. The van der Waals surface area contributed by atoms with Crippen LogP contribution in [0.25, 0.3) is 0 Å². The van der Waals surface area contributed by atoms with Crippen molar-refractivity contribution < 1.29 is 9.18 Å². The summed E-state index contributed by atoms with van der Waals surface area (Å²) in [6, 6.07) is 6.39. The van der Waals surface area contributed by atoms with Gasteiger partial charge in [-0.15, -0.1) is 0 Å². The lowest BCUT2D eigenvalue weighted by Gasteiger charge is -2.14. The molecule has 0 heterocycles. The molecule has 1 amide bonds. The van der Waals surface area contributed by atoms with E-state index in [0.717, 1.165) is 25.7 Å². The minimum absolute atomic E-state index is 0.172. The van der Waals surface area contributed by atoms with Gasteiger partial charge in [0.15, 0.2) is 0 Å². The highest BCUT2D eigenvalue weighted by molar-refractivity contribution is 5.94. The Morgan fingerprint density at radius 2 is 1.89 bits per heavy atom. The van der Waals surface area contributed by atoms with Gasteiger partial charge in [0, 0.05) is 17.6 Å². The van der Waals surface area contributed by atoms with Gasteiger partial charge in [0.25, 0.3) is 5.91 Å². The highest BCUT2D eigenvalue weighted by Gasteiger charge is 2.40. The number of benzene rings is 1. The SMILES string of the molecule is NC1CC2CC(NC(=O)c3cccc(F)c3)CC2C1. The van der Waals surface area contributed by atoms with E-state index >= 15 is 0 Å². The quantitative estimate of drug-likeness (QED) is 0.857. The van der Waals surface area contributed by atoms with Crippen LogP contribution in [0.4, 0.5) is 4.39 Å². The standard InChI is InChI=1S/C15H19FN2O/c16-12-3-1-2-9(4-12)15(19)18-14-7-10-5-13(17)6-11(10)8-14/h1-4,10-11,13-14H,5-8,17H2,(H,18,19). The molecule has 2 unspecified atom stereocenters. The number of nitrogens with two attached hydrogens (primary N) is 1. The number of hydrogen-bond acceptors (Lipinski definition) is 2. The maximum atomic E-state index is 13.1. The molecule has 2 aliphatic carbocycles. The molecule has 102 valence electrons. The number of amides is 1. The summed E-state index contributed by atoms with van der Waals surface area (Å²) < 4.78 is 13.1. The van der Waals surface area contributed by atoms with Gasteiger partial charge in [-0.05, 0) is 55.7 Å². The summed E-state index contributed by atoms with van der Waals surface area (Å²) in [5.41, 5.74) is 6.35. The zero-order valence-corrected chi connectivity index (χ0v) is 10.8. The van der Waals surface area contributed by atoms with Crippen LogP contribution in [0.1, 0.15) is 36.0 Å². The summed E-state index contributed by atoms with van der Waals surface area (Å²) in [6.07, 6.45) is 4.19. The number of nitrogens with one attached hydrogen (secondary N) is 1. The first-order valence-electron chi connectivity index (χ1n) is 6.94. The van der Waals surface area contributed by atoms with E-state index in [1.165, 1.54) is 12.1 Å². The summed E-state index contributed by atoms with van der Waals surface area (Å²) in [4.78, 5) is 12.0. The van der Waals surface area contributed by atoms with Gasteiger partial charge in [0.2, 0.25) is 0 Å². The molecule has 2 aliphatic rings. The molecule has 1 aromatic carbocycles. The molecule has 0 aliphatic heterocycles. The molecule has 3 N–H and O–H groups in total. The second-order valence-corrected chi connectivity index (χ2v) is 5.90. The van der Waals surface area contributed by atoms with E-state index in [1.807, 2.05) is 0 Å². The van der Waals surface area contributed by atoms with Crippen LogP contribution in [0.15, 0.2) is 24.3 Å². The maximum Gasteiger partial charge on any atom is 0.251 e. The normalized spacial score (nSPS) is 33.2. The largest absolute Gasteiger partial charge is 0.349 e. The minimum Gasteiger partial charge on any atom is -0.349 e. The number of carbonyl (C=O) groups is 1. The van der Waals surface area contributed by atoms with Crippen molar-refractivity contribution in [3.05, 3.63) is 35.6 Å². The molecule has 2 atom stereocenters. The molecule has 2 fully saturated rings. The third kappa shape index (κ3) is 2.63. The highest BCUT2D eigenvalue weighted by Crippen LogP contribution is 2.43. The predicted molar refractivity (Wildman–Crippen MR) is 71.1 cm³/mol. The average Bonchev–Trinajstić information content (AvgIpc) is 2.85. The fraction of sp³-hybridized carbons (Fsp3) is 0.533. The minimum atomic E-state index is -0.373. The first kappa shape index (κ1) is 12.6. The Labute approximate surface area is 112 Å². The molecule has 3 rings (SSSR count). The predicted octanol–water partition coefficient (Wildman–Crippen LogP) is 2.07. The van der Waals surface area contributed by atoms with Crippen molar-refractivity contribution in [2.45, 2.75) is 37.8 Å². The molecule has 0 saturated heterocycles. The Balaban J connectivity index is 1.60. The second-order valence-electron chi connectivity index (χ2n) is 5.90. The van der Waals surface area contributed by atoms with Crippen LogP contribution in [0.3, 0.4) is 0 Å². The zero-order chi connectivity index (χ0) is 13.4. The van der Waals surface area contributed by atoms with E-state index in [4.69, 9.17) is 5.73 Å². The Bertz CT molecular complexity index is 477. The molecule has 0 aromatic heterocycles. The molecule has 0 spiro atoms. The number of carbonyl (C=O) groups excluding carboxylic acids is 1. The lowest BCUT2D eigenvalue weighted by Crippen LogP contribution is -2.34. The van der Waals surface area contributed by atoms with Crippen molar-refractivity contribution in [2.24, 2.45) is 17.6 Å². The summed E-state index contributed by atoms with van der Waals surface area (Å²) >= 11 is 0. The lowest BCUT2D eigenvalue weighted by molar-refractivity contribution is 0.0935. The molecule has 3 nitrogen and oxygen atoms in total. The van der Waals surface area contributed by atoms with Gasteiger partial charge in [-0.2, -0.15) is 0 Å². The monoisotopic (exact) mass is 262 g/mol. The molecule has 0 radical (unpaired) electrons. The molecule has 19 heavy (non-hydrogen) atoms. The number of halogens is 1. The van der Waals surface area contributed by atoms with Crippen LogP contribution < -0.4 is 11.1 Å². The number of hydrogen-bond donors (Lipinski definition) is 2. The molecular weight excluding hydrogens is 243 g/mol. The van der Waals surface area contributed by atoms with E-state index in [-0.39, 0.29) is 17.8 Å². The summed E-state index contributed by atoms with van der Waals surface area (Å²) in [5, 5.41) is 3.02. The van der Waals surface area contributed by atoms with Crippen LogP contribution in [-0.2, 0) is 0 Å². The molecule has 1 aromatic rings. The zero-order valence-electron chi connectivity index (χ0n) is 10.8. The van der Waals surface area contributed by atoms with Crippen molar-refractivity contribution in [3.63, 3.8) is 0 Å². The summed E-state index contributed by atoms with van der Waals surface area (Å²) in [6.45, 7) is 0. The third-order valence-corrected chi connectivity index (χ3v) is 4.47. The smallest absolute Gasteiger partial charge is 0.251 e. The first-order chi connectivity index (χ1) is 9.11. The molecule has 2 saturated carbocycles. The van der Waals surface area contributed by atoms with Gasteiger partial charge < -0.3 is 11.1 Å². The van der Waals surface area contributed by atoms with Crippen LogP contribution in [0, 0.1) is 17.7 Å². The second kappa shape index (κ2) is 4.93. The Kier molecular flexibility index (Phi) is 3.27. The van der Waals surface area contributed by atoms with Gasteiger partial charge in [-0.1, -0.05) is 6.07 Å². The Morgan fingerprint density at radius 1 is 1.21 bits per heavy atom. The van der Waals surface area contributed by atoms with E-state index in [2.05, 4.69) is 5.32 Å². The Hall–Kier alpha value is -1.42. The summed E-state index contributed by atoms with van der Waals surface area (Å²) in [5.74, 6) is 0.774.